The third kappa shape index (κ3) is 2.72. The van der Waals surface area contributed by atoms with E-state index < -0.39 is 0 Å². The van der Waals surface area contributed by atoms with Gasteiger partial charge in [-0.15, -0.1) is 6.58 Å². The van der Waals surface area contributed by atoms with E-state index in [1.807, 2.05) is 19.2 Å². The van der Waals surface area contributed by atoms with Gasteiger partial charge in [0.15, 0.2) is 0 Å². The molecule has 0 amide bonds. The predicted molar refractivity (Wildman–Crippen MR) is 53.1 cm³/mol. The lowest BCUT2D eigenvalue weighted by molar-refractivity contribution is 0.358. The molecule has 0 atom stereocenters. The monoisotopic (exact) mass is 180 g/mol. The second-order valence-corrected chi connectivity index (χ2v) is 3.06. The van der Waals surface area contributed by atoms with E-state index in [0.717, 1.165) is 24.4 Å². The third-order valence-electron chi connectivity index (χ3n) is 1.90. The molecule has 0 bridgehead atoms. The highest BCUT2D eigenvalue weighted by atomic mass is 16.3. The molecule has 13 heavy (non-hydrogen) atoms. The molecule has 0 aromatic carbocycles. The number of rotatable bonds is 5. The van der Waals surface area contributed by atoms with Gasteiger partial charge in [-0.05, 0) is 13.1 Å². The lowest BCUT2D eigenvalue weighted by atomic mass is 10.2. The van der Waals surface area contributed by atoms with E-state index in [1.165, 1.54) is 0 Å². The standard InChI is InChI=1S/C10H16N2O/c1-3-5-12(2)8-9-4-6-13-10(9)7-11/h3-4,6H,1,5,7-8,11H2,2H3. The van der Waals surface area contributed by atoms with Crippen LogP contribution >= 0.6 is 0 Å². The Kier molecular flexibility index (Phi) is 3.73. The van der Waals surface area contributed by atoms with Crippen LogP contribution in [0.3, 0.4) is 0 Å². The van der Waals surface area contributed by atoms with Crippen molar-refractivity contribution >= 4 is 0 Å². The summed E-state index contributed by atoms with van der Waals surface area (Å²) in [5, 5.41) is 0. The van der Waals surface area contributed by atoms with Crippen LogP contribution in [0.25, 0.3) is 0 Å². The molecule has 0 spiro atoms. The smallest absolute Gasteiger partial charge is 0.121 e. The van der Waals surface area contributed by atoms with Crippen molar-refractivity contribution in [2.45, 2.75) is 13.1 Å². The zero-order chi connectivity index (χ0) is 9.68. The molecule has 2 N–H and O–H groups in total. The van der Waals surface area contributed by atoms with E-state index in [1.54, 1.807) is 6.26 Å². The molecule has 0 saturated carbocycles. The summed E-state index contributed by atoms with van der Waals surface area (Å²) in [5.41, 5.74) is 6.67. The SMILES string of the molecule is C=CCN(C)Cc1ccoc1CN. The molecule has 1 aromatic rings. The molecule has 0 aliphatic heterocycles. The average molecular weight is 180 g/mol. The predicted octanol–water partition coefficient (Wildman–Crippen LogP) is 1.36. The van der Waals surface area contributed by atoms with Gasteiger partial charge >= 0.3 is 0 Å². The van der Waals surface area contributed by atoms with Crippen LogP contribution in [0.5, 0.6) is 0 Å². The van der Waals surface area contributed by atoms with Crippen LogP contribution in [0.15, 0.2) is 29.4 Å². The fraction of sp³-hybridized carbons (Fsp3) is 0.400. The van der Waals surface area contributed by atoms with Gasteiger partial charge in [-0.25, -0.2) is 0 Å². The molecular weight excluding hydrogens is 164 g/mol. The molecule has 0 radical (unpaired) electrons. The first kappa shape index (κ1) is 10.0. The van der Waals surface area contributed by atoms with Crippen molar-refractivity contribution in [3.8, 4) is 0 Å². The summed E-state index contributed by atoms with van der Waals surface area (Å²) in [6, 6.07) is 1.96. The highest BCUT2D eigenvalue weighted by Crippen LogP contribution is 2.11. The first-order valence-corrected chi connectivity index (χ1v) is 4.32. The van der Waals surface area contributed by atoms with Gasteiger partial charge in [0.25, 0.3) is 0 Å². The summed E-state index contributed by atoms with van der Waals surface area (Å²) >= 11 is 0. The van der Waals surface area contributed by atoms with Gasteiger partial charge in [-0.2, -0.15) is 0 Å². The maximum absolute atomic E-state index is 5.51. The number of hydrogen-bond donors (Lipinski definition) is 1. The molecule has 0 unspecified atom stereocenters. The number of hydrogen-bond acceptors (Lipinski definition) is 3. The molecule has 3 nitrogen and oxygen atoms in total. The van der Waals surface area contributed by atoms with E-state index in [9.17, 15) is 0 Å². The fourth-order valence-corrected chi connectivity index (χ4v) is 1.26. The summed E-state index contributed by atoms with van der Waals surface area (Å²) in [4.78, 5) is 2.15. The molecule has 3 heteroatoms. The second kappa shape index (κ2) is 4.84. The van der Waals surface area contributed by atoms with Crippen LogP contribution in [-0.2, 0) is 13.1 Å². The highest BCUT2D eigenvalue weighted by molar-refractivity contribution is 5.16. The first-order chi connectivity index (χ1) is 6.27. The minimum absolute atomic E-state index is 0.463. The van der Waals surface area contributed by atoms with E-state index in [2.05, 4.69) is 11.5 Å². The maximum atomic E-state index is 5.51. The third-order valence-corrected chi connectivity index (χ3v) is 1.90. The maximum Gasteiger partial charge on any atom is 0.121 e. The number of nitrogens with two attached hydrogens (primary N) is 1. The zero-order valence-electron chi connectivity index (χ0n) is 7.99. The lowest BCUT2D eigenvalue weighted by Crippen LogP contribution is -2.18. The lowest BCUT2D eigenvalue weighted by Gasteiger charge is -2.13. The van der Waals surface area contributed by atoms with Crippen LogP contribution in [-0.4, -0.2) is 18.5 Å². The van der Waals surface area contributed by atoms with Crippen molar-refractivity contribution in [1.82, 2.24) is 4.90 Å². The van der Waals surface area contributed by atoms with Gasteiger partial charge in [0.2, 0.25) is 0 Å². The van der Waals surface area contributed by atoms with Crippen molar-refractivity contribution in [2.75, 3.05) is 13.6 Å². The van der Waals surface area contributed by atoms with Gasteiger partial charge in [-0.1, -0.05) is 6.08 Å². The van der Waals surface area contributed by atoms with Crippen molar-refractivity contribution in [2.24, 2.45) is 5.73 Å². The van der Waals surface area contributed by atoms with Crippen LogP contribution in [0, 0.1) is 0 Å². The van der Waals surface area contributed by atoms with Crippen molar-refractivity contribution in [3.05, 3.63) is 36.3 Å². The summed E-state index contributed by atoms with van der Waals surface area (Å²) in [6.45, 7) is 5.87. The summed E-state index contributed by atoms with van der Waals surface area (Å²) in [5.74, 6) is 0.871. The van der Waals surface area contributed by atoms with Crippen LogP contribution < -0.4 is 5.73 Å². The van der Waals surface area contributed by atoms with Crippen LogP contribution in [0.2, 0.25) is 0 Å². The van der Waals surface area contributed by atoms with Gasteiger partial charge in [0.05, 0.1) is 12.8 Å². The molecule has 0 saturated heterocycles. The molecule has 1 aromatic heterocycles. The zero-order valence-corrected chi connectivity index (χ0v) is 7.99. The Morgan fingerprint density at radius 1 is 1.69 bits per heavy atom. The minimum Gasteiger partial charge on any atom is -0.468 e. The van der Waals surface area contributed by atoms with E-state index in [4.69, 9.17) is 10.2 Å². The number of furan rings is 1. The normalized spacial score (nSPS) is 10.7. The summed E-state index contributed by atoms with van der Waals surface area (Å²) in [7, 11) is 2.04. The highest BCUT2D eigenvalue weighted by Gasteiger charge is 2.05. The van der Waals surface area contributed by atoms with Crippen molar-refractivity contribution in [3.63, 3.8) is 0 Å². The first-order valence-electron chi connectivity index (χ1n) is 4.32. The molecule has 0 aliphatic carbocycles. The Bertz CT molecular complexity index is 268. The molecular formula is C10H16N2O. The minimum atomic E-state index is 0.463. The molecule has 0 fully saturated rings. The molecule has 0 aliphatic rings. The fourth-order valence-electron chi connectivity index (χ4n) is 1.26. The summed E-state index contributed by atoms with van der Waals surface area (Å²) in [6.07, 6.45) is 3.56. The van der Waals surface area contributed by atoms with Crippen molar-refractivity contribution < 1.29 is 4.42 Å². The quantitative estimate of drug-likeness (QED) is 0.696. The second-order valence-electron chi connectivity index (χ2n) is 3.06. The Morgan fingerprint density at radius 3 is 3.08 bits per heavy atom. The van der Waals surface area contributed by atoms with Crippen LogP contribution in [0.4, 0.5) is 0 Å². The summed E-state index contributed by atoms with van der Waals surface area (Å²) < 4.78 is 5.22. The van der Waals surface area contributed by atoms with Gasteiger partial charge in [0.1, 0.15) is 5.76 Å². The topological polar surface area (TPSA) is 42.4 Å². The Balaban J connectivity index is 2.57. The Morgan fingerprint density at radius 2 is 2.46 bits per heavy atom. The number of likely N-dealkylation sites (N-methyl/N-ethyl adjacent to an activating group) is 1. The van der Waals surface area contributed by atoms with Crippen molar-refractivity contribution in [1.29, 1.82) is 0 Å². The Hall–Kier alpha value is -1.06. The van der Waals surface area contributed by atoms with E-state index in [0.29, 0.717) is 6.54 Å². The van der Waals surface area contributed by atoms with Gasteiger partial charge < -0.3 is 10.2 Å². The van der Waals surface area contributed by atoms with E-state index >= 15 is 0 Å². The average Bonchev–Trinajstić information content (AvgIpc) is 2.52. The Labute approximate surface area is 78.8 Å². The van der Waals surface area contributed by atoms with Gasteiger partial charge in [0, 0.05) is 18.7 Å². The molecule has 1 heterocycles. The van der Waals surface area contributed by atoms with Gasteiger partial charge in [-0.3, -0.25) is 4.90 Å². The van der Waals surface area contributed by atoms with Crippen LogP contribution in [0.1, 0.15) is 11.3 Å². The molecule has 72 valence electrons. The van der Waals surface area contributed by atoms with E-state index in [-0.39, 0.29) is 0 Å². The number of nitrogens with zero attached hydrogens (tertiary/aromatic N) is 1. The largest absolute Gasteiger partial charge is 0.468 e. The molecule has 1 rings (SSSR count).